The van der Waals surface area contributed by atoms with Crippen LogP contribution in [0.15, 0.2) is 28.5 Å². The minimum Gasteiger partial charge on any atom is -0.378 e. The van der Waals surface area contributed by atoms with Crippen molar-refractivity contribution in [1.82, 2.24) is 9.61 Å². The zero-order chi connectivity index (χ0) is 11.7. The van der Waals surface area contributed by atoms with Crippen LogP contribution in [0, 0.1) is 4.91 Å². The van der Waals surface area contributed by atoms with Gasteiger partial charge >= 0.3 is 0 Å². The van der Waals surface area contributed by atoms with Crippen LogP contribution in [-0.2, 0) is 0 Å². The Morgan fingerprint density at radius 1 is 1.50 bits per heavy atom. The molecular weight excluding hydrogens is 224 g/mol. The van der Waals surface area contributed by atoms with E-state index >= 15 is 0 Å². The highest BCUT2D eigenvalue weighted by molar-refractivity contribution is 7.98. The van der Waals surface area contributed by atoms with E-state index in [9.17, 15) is 4.91 Å². The molecule has 0 aliphatic carbocycles. The molecule has 2 aromatic rings. The van der Waals surface area contributed by atoms with Crippen molar-refractivity contribution in [2.45, 2.75) is 5.03 Å². The second kappa shape index (κ2) is 4.13. The molecule has 84 valence electrons. The van der Waals surface area contributed by atoms with Crippen LogP contribution < -0.4 is 4.90 Å². The van der Waals surface area contributed by atoms with Crippen molar-refractivity contribution >= 4 is 28.7 Å². The molecule has 5 nitrogen and oxygen atoms in total. The smallest absolute Gasteiger partial charge is 0.167 e. The molecule has 0 aliphatic heterocycles. The second-order valence-electron chi connectivity index (χ2n) is 3.56. The average Bonchev–Trinajstić information content (AvgIpc) is 2.65. The van der Waals surface area contributed by atoms with Crippen molar-refractivity contribution in [3.63, 3.8) is 0 Å². The standard InChI is InChI=1S/C10H12N4OS/c1-13(2)7-4-5-14-8(6-7)9(12-15)10(11-14)16-3/h4-6H,1-3H3. The van der Waals surface area contributed by atoms with E-state index in [0.717, 1.165) is 11.2 Å². The van der Waals surface area contributed by atoms with Gasteiger partial charge in [-0.3, -0.25) is 0 Å². The van der Waals surface area contributed by atoms with Gasteiger partial charge in [0.1, 0.15) is 5.03 Å². The molecule has 0 saturated carbocycles. The SMILES string of the molecule is CSc1nn2ccc(N(C)C)cc2c1N=O. The Morgan fingerprint density at radius 2 is 2.25 bits per heavy atom. The third-order valence-corrected chi connectivity index (χ3v) is 3.02. The Morgan fingerprint density at radius 3 is 2.81 bits per heavy atom. The van der Waals surface area contributed by atoms with Crippen molar-refractivity contribution < 1.29 is 0 Å². The van der Waals surface area contributed by atoms with Gasteiger partial charge in [0.15, 0.2) is 5.69 Å². The van der Waals surface area contributed by atoms with E-state index < -0.39 is 0 Å². The van der Waals surface area contributed by atoms with Crippen molar-refractivity contribution in [3.05, 3.63) is 23.2 Å². The lowest BCUT2D eigenvalue weighted by molar-refractivity contribution is 0.900. The Kier molecular flexibility index (Phi) is 2.82. The highest BCUT2D eigenvalue weighted by atomic mass is 32.2. The summed E-state index contributed by atoms with van der Waals surface area (Å²) >= 11 is 1.42. The number of nitrogens with zero attached hydrogens (tertiary/aromatic N) is 4. The van der Waals surface area contributed by atoms with E-state index in [1.165, 1.54) is 11.8 Å². The first-order valence-electron chi connectivity index (χ1n) is 4.74. The Labute approximate surface area is 97.4 Å². The first-order valence-corrected chi connectivity index (χ1v) is 5.97. The summed E-state index contributed by atoms with van der Waals surface area (Å²) in [5.41, 5.74) is 2.17. The quantitative estimate of drug-likeness (QED) is 0.607. The molecule has 0 bridgehead atoms. The number of hydrogen-bond acceptors (Lipinski definition) is 5. The van der Waals surface area contributed by atoms with Crippen LogP contribution in [0.5, 0.6) is 0 Å². The van der Waals surface area contributed by atoms with Crippen LogP contribution in [0.25, 0.3) is 5.52 Å². The van der Waals surface area contributed by atoms with Crippen LogP contribution in [0.3, 0.4) is 0 Å². The molecule has 0 aliphatic rings. The van der Waals surface area contributed by atoms with Crippen molar-refractivity contribution in [2.75, 3.05) is 25.3 Å². The van der Waals surface area contributed by atoms with Gasteiger partial charge < -0.3 is 4.90 Å². The maximum absolute atomic E-state index is 10.8. The van der Waals surface area contributed by atoms with E-state index in [1.54, 1.807) is 4.52 Å². The molecule has 0 fully saturated rings. The van der Waals surface area contributed by atoms with Crippen LogP contribution in [-0.4, -0.2) is 30.0 Å². The predicted molar refractivity (Wildman–Crippen MR) is 66.8 cm³/mol. The molecule has 16 heavy (non-hydrogen) atoms. The average molecular weight is 236 g/mol. The molecule has 0 aromatic carbocycles. The van der Waals surface area contributed by atoms with Crippen LogP contribution in [0.2, 0.25) is 0 Å². The maximum atomic E-state index is 10.8. The molecule has 0 saturated heterocycles. The van der Waals surface area contributed by atoms with E-state index in [-0.39, 0.29) is 0 Å². The molecule has 0 amide bonds. The minimum absolute atomic E-state index is 0.413. The van der Waals surface area contributed by atoms with Gasteiger partial charge in [0.05, 0.1) is 5.52 Å². The van der Waals surface area contributed by atoms with Crippen LogP contribution in [0.4, 0.5) is 11.4 Å². The monoisotopic (exact) mass is 236 g/mol. The topological polar surface area (TPSA) is 50.0 Å². The number of nitroso groups, excluding NO2 is 1. The maximum Gasteiger partial charge on any atom is 0.167 e. The first kappa shape index (κ1) is 10.9. The van der Waals surface area contributed by atoms with E-state index in [2.05, 4.69) is 10.3 Å². The fraction of sp³-hybridized carbons (Fsp3) is 0.300. The molecule has 0 N–H and O–H groups in total. The lowest BCUT2D eigenvalue weighted by Gasteiger charge is -2.11. The van der Waals surface area contributed by atoms with Gasteiger partial charge in [-0.2, -0.15) is 5.10 Å². The van der Waals surface area contributed by atoms with Crippen molar-refractivity contribution in [2.24, 2.45) is 5.18 Å². The Balaban J connectivity index is 2.70. The summed E-state index contributed by atoms with van der Waals surface area (Å²) in [6.07, 6.45) is 3.71. The fourth-order valence-corrected chi connectivity index (χ4v) is 2.01. The first-order chi connectivity index (χ1) is 7.67. The fourth-order valence-electron chi connectivity index (χ4n) is 1.50. The van der Waals surface area contributed by atoms with Gasteiger partial charge in [-0.25, -0.2) is 4.52 Å². The van der Waals surface area contributed by atoms with Crippen molar-refractivity contribution in [3.8, 4) is 0 Å². The van der Waals surface area contributed by atoms with Crippen LogP contribution >= 0.6 is 11.8 Å². The number of hydrogen-bond donors (Lipinski definition) is 0. The molecule has 0 atom stereocenters. The highest BCUT2D eigenvalue weighted by Crippen LogP contribution is 2.32. The number of anilines is 1. The summed E-state index contributed by atoms with van der Waals surface area (Å²) in [5, 5.41) is 7.99. The highest BCUT2D eigenvalue weighted by Gasteiger charge is 2.13. The van der Waals surface area contributed by atoms with Gasteiger partial charge in [-0.1, -0.05) is 0 Å². The number of pyridine rings is 1. The van der Waals surface area contributed by atoms with E-state index in [4.69, 9.17) is 0 Å². The van der Waals surface area contributed by atoms with Crippen molar-refractivity contribution in [1.29, 1.82) is 0 Å². The predicted octanol–water partition coefficient (Wildman–Crippen LogP) is 2.52. The van der Waals surface area contributed by atoms with Gasteiger partial charge in [-0.05, 0) is 23.6 Å². The summed E-state index contributed by atoms with van der Waals surface area (Å²) in [7, 11) is 3.90. The molecular formula is C10H12N4OS. The zero-order valence-electron chi connectivity index (χ0n) is 9.34. The van der Waals surface area contributed by atoms with Gasteiger partial charge in [0.25, 0.3) is 0 Å². The van der Waals surface area contributed by atoms with Crippen LogP contribution in [0.1, 0.15) is 0 Å². The summed E-state index contributed by atoms with van der Waals surface area (Å²) < 4.78 is 1.68. The Hall–Kier alpha value is -1.56. The lowest BCUT2D eigenvalue weighted by atomic mass is 10.3. The number of aromatic nitrogens is 2. The van der Waals surface area contributed by atoms with Gasteiger partial charge in [-0.15, -0.1) is 16.7 Å². The molecule has 0 spiro atoms. The third-order valence-electron chi connectivity index (χ3n) is 2.36. The number of rotatable bonds is 3. The minimum atomic E-state index is 0.413. The second-order valence-corrected chi connectivity index (χ2v) is 4.35. The van der Waals surface area contributed by atoms with Gasteiger partial charge in [0, 0.05) is 26.0 Å². The summed E-state index contributed by atoms with van der Waals surface area (Å²) in [5.74, 6) is 0. The summed E-state index contributed by atoms with van der Waals surface area (Å²) in [6.45, 7) is 0. The normalized spacial score (nSPS) is 10.7. The van der Waals surface area contributed by atoms with E-state index in [1.807, 2.05) is 43.6 Å². The van der Waals surface area contributed by atoms with E-state index in [0.29, 0.717) is 10.7 Å². The molecule has 2 heterocycles. The zero-order valence-corrected chi connectivity index (χ0v) is 10.2. The lowest BCUT2D eigenvalue weighted by Crippen LogP contribution is -2.08. The third kappa shape index (κ3) is 1.65. The number of thioether (sulfide) groups is 1. The molecule has 2 aromatic heterocycles. The summed E-state index contributed by atoms with van der Waals surface area (Å²) in [6, 6.07) is 3.85. The Bertz CT molecular complexity index is 535. The molecule has 0 unspecified atom stereocenters. The molecule has 2 rings (SSSR count). The van der Waals surface area contributed by atoms with Gasteiger partial charge in [0.2, 0.25) is 0 Å². The number of fused-ring (bicyclic) bond motifs is 1. The molecule has 6 heteroatoms. The largest absolute Gasteiger partial charge is 0.378 e. The molecule has 0 radical (unpaired) electrons. The summed E-state index contributed by atoms with van der Waals surface area (Å²) in [4.78, 5) is 12.8.